The molecule has 0 aliphatic heterocycles. The van der Waals surface area contributed by atoms with Crippen LogP contribution in [-0.4, -0.2) is 12.1 Å². The average Bonchev–Trinajstić information content (AvgIpc) is 2.17. The number of aromatic nitrogens is 1. The number of aryl methyl sites for hydroxylation is 1. The van der Waals surface area contributed by atoms with Crippen LogP contribution in [-0.2, 0) is 0 Å². The molecule has 3 heteroatoms. The lowest BCUT2D eigenvalue weighted by Gasteiger charge is -2.06. The van der Waals surface area contributed by atoms with Gasteiger partial charge in [-0.3, -0.25) is 0 Å². The predicted molar refractivity (Wildman–Crippen MR) is 58.0 cm³/mol. The Labute approximate surface area is 87.5 Å². The predicted octanol–water partition coefficient (Wildman–Crippen LogP) is 3.21. The second-order valence-electron chi connectivity index (χ2n) is 3.17. The first kappa shape index (κ1) is 9.28. The topological polar surface area (TPSA) is 22.1 Å². The summed E-state index contributed by atoms with van der Waals surface area (Å²) in [7, 11) is 1.64. The fourth-order valence-electron chi connectivity index (χ4n) is 1.48. The van der Waals surface area contributed by atoms with Crippen molar-refractivity contribution in [1.29, 1.82) is 0 Å². The third-order valence-electron chi connectivity index (χ3n) is 2.09. The Morgan fingerprint density at radius 3 is 2.79 bits per heavy atom. The second kappa shape index (κ2) is 3.46. The molecule has 1 aromatic carbocycles. The summed E-state index contributed by atoms with van der Waals surface area (Å²) in [5, 5.41) is 1.53. The van der Waals surface area contributed by atoms with E-state index in [2.05, 4.69) is 11.1 Å². The van der Waals surface area contributed by atoms with Crippen molar-refractivity contribution >= 4 is 22.5 Å². The van der Waals surface area contributed by atoms with E-state index in [1.807, 2.05) is 19.1 Å². The highest BCUT2D eigenvalue weighted by Crippen LogP contribution is 2.26. The van der Waals surface area contributed by atoms with Crippen LogP contribution in [0.5, 0.6) is 5.75 Å². The zero-order chi connectivity index (χ0) is 10.1. The van der Waals surface area contributed by atoms with Gasteiger partial charge < -0.3 is 4.74 Å². The summed E-state index contributed by atoms with van der Waals surface area (Å²) in [4.78, 5) is 4.23. The molecule has 0 N–H and O–H groups in total. The summed E-state index contributed by atoms with van der Waals surface area (Å²) in [6.45, 7) is 2.02. The van der Waals surface area contributed by atoms with Crippen molar-refractivity contribution in [2.24, 2.45) is 0 Å². The van der Waals surface area contributed by atoms with Crippen molar-refractivity contribution in [3.63, 3.8) is 0 Å². The maximum absolute atomic E-state index is 5.82. The summed E-state index contributed by atoms with van der Waals surface area (Å²) < 4.78 is 5.24. The first-order valence-corrected chi connectivity index (χ1v) is 4.69. The lowest BCUT2D eigenvalue weighted by Crippen LogP contribution is -1.89. The summed E-state index contributed by atoms with van der Waals surface area (Å²) >= 11 is 5.82. The second-order valence-corrected chi connectivity index (χ2v) is 3.56. The van der Waals surface area contributed by atoms with Crippen LogP contribution in [0.2, 0.25) is 5.15 Å². The molecule has 72 valence electrons. The summed E-state index contributed by atoms with van der Waals surface area (Å²) in [6, 6.07) is 7.73. The van der Waals surface area contributed by atoms with Gasteiger partial charge >= 0.3 is 0 Å². The Kier molecular flexibility index (Phi) is 2.30. The molecule has 0 radical (unpaired) electrons. The number of nitrogens with zero attached hydrogens (tertiary/aromatic N) is 1. The standard InChI is InChI=1S/C11H10ClNO/c1-7-5-8-3-4-10(12)13-11(8)9(6-7)14-2/h3-6H,1-2H3. The lowest BCUT2D eigenvalue weighted by atomic mass is 10.1. The summed E-state index contributed by atoms with van der Waals surface area (Å²) in [5.41, 5.74) is 1.96. The Bertz CT molecular complexity index is 482. The van der Waals surface area contributed by atoms with Gasteiger partial charge in [0.25, 0.3) is 0 Å². The Morgan fingerprint density at radius 1 is 1.29 bits per heavy atom. The number of hydrogen-bond acceptors (Lipinski definition) is 2. The van der Waals surface area contributed by atoms with Crippen molar-refractivity contribution in [3.8, 4) is 5.75 Å². The Morgan fingerprint density at radius 2 is 2.07 bits per heavy atom. The van der Waals surface area contributed by atoms with Gasteiger partial charge in [0, 0.05) is 5.39 Å². The normalized spacial score (nSPS) is 10.5. The molecule has 1 aromatic heterocycles. The third-order valence-corrected chi connectivity index (χ3v) is 2.30. The number of halogens is 1. The maximum Gasteiger partial charge on any atom is 0.145 e. The van der Waals surface area contributed by atoms with E-state index in [9.17, 15) is 0 Å². The number of ether oxygens (including phenoxy) is 1. The number of pyridine rings is 1. The molecule has 0 fully saturated rings. The van der Waals surface area contributed by atoms with Crippen LogP contribution >= 0.6 is 11.6 Å². The monoisotopic (exact) mass is 207 g/mol. The molecule has 0 saturated heterocycles. The van der Waals surface area contributed by atoms with Gasteiger partial charge in [0.1, 0.15) is 16.4 Å². The van der Waals surface area contributed by atoms with E-state index in [-0.39, 0.29) is 0 Å². The molecule has 0 atom stereocenters. The maximum atomic E-state index is 5.82. The minimum atomic E-state index is 0.486. The Balaban J connectivity index is 2.81. The molecule has 2 nitrogen and oxygen atoms in total. The van der Waals surface area contributed by atoms with Crippen molar-refractivity contribution in [3.05, 3.63) is 35.0 Å². The molecular formula is C11H10ClNO. The molecular weight excluding hydrogens is 198 g/mol. The van der Waals surface area contributed by atoms with E-state index in [1.54, 1.807) is 13.2 Å². The van der Waals surface area contributed by atoms with E-state index in [0.29, 0.717) is 5.15 Å². The molecule has 0 aliphatic carbocycles. The smallest absolute Gasteiger partial charge is 0.145 e. The molecule has 0 saturated carbocycles. The fourth-order valence-corrected chi connectivity index (χ4v) is 1.63. The van der Waals surface area contributed by atoms with Gasteiger partial charge in [-0.1, -0.05) is 11.6 Å². The van der Waals surface area contributed by atoms with Gasteiger partial charge in [0.2, 0.25) is 0 Å². The van der Waals surface area contributed by atoms with Crippen LogP contribution in [0.4, 0.5) is 0 Å². The molecule has 2 rings (SSSR count). The van der Waals surface area contributed by atoms with Gasteiger partial charge in [-0.2, -0.15) is 0 Å². The zero-order valence-electron chi connectivity index (χ0n) is 8.04. The molecule has 14 heavy (non-hydrogen) atoms. The average molecular weight is 208 g/mol. The quantitative estimate of drug-likeness (QED) is 0.670. The van der Waals surface area contributed by atoms with Crippen molar-refractivity contribution < 1.29 is 4.74 Å². The van der Waals surface area contributed by atoms with Gasteiger partial charge in [0.05, 0.1) is 7.11 Å². The van der Waals surface area contributed by atoms with Crippen LogP contribution in [0, 0.1) is 6.92 Å². The van der Waals surface area contributed by atoms with Crippen molar-refractivity contribution in [1.82, 2.24) is 4.98 Å². The van der Waals surface area contributed by atoms with Gasteiger partial charge in [-0.05, 0) is 36.8 Å². The molecule has 0 bridgehead atoms. The summed E-state index contributed by atoms with van der Waals surface area (Å²) in [6.07, 6.45) is 0. The first-order chi connectivity index (χ1) is 6.70. The minimum absolute atomic E-state index is 0.486. The van der Waals surface area contributed by atoms with E-state index in [1.165, 1.54) is 0 Å². The number of benzene rings is 1. The number of hydrogen-bond donors (Lipinski definition) is 0. The van der Waals surface area contributed by atoms with Gasteiger partial charge in [0.15, 0.2) is 0 Å². The SMILES string of the molecule is COc1cc(C)cc2ccc(Cl)nc12. The van der Waals surface area contributed by atoms with Crippen LogP contribution in [0.3, 0.4) is 0 Å². The van der Waals surface area contributed by atoms with Crippen LogP contribution < -0.4 is 4.74 Å². The van der Waals surface area contributed by atoms with Gasteiger partial charge in [-0.15, -0.1) is 0 Å². The van der Waals surface area contributed by atoms with E-state index < -0.39 is 0 Å². The molecule has 0 aliphatic rings. The third kappa shape index (κ3) is 1.53. The Hall–Kier alpha value is -1.28. The van der Waals surface area contributed by atoms with Crippen LogP contribution in [0.25, 0.3) is 10.9 Å². The number of fused-ring (bicyclic) bond motifs is 1. The summed E-state index contributed by atoms with van der Waals surface area (Å²) in [5.74, 6) is 0.766. The van der Waals surface area contributed by atoms with Crippen molar-refractivity contribution in [2.75, 3.05) is 7.11 Å². The number of methoxy groups -OCH3 is 1. The minimum Gasteiger partial charge on any atom is -0.494 e. The van der Waals surface area contributed by atoms with E-state index in [4.69, 9.17) is 16.3 Å². The zero-order valence-corrected chi connectivity index (χ0v) is 8.80. The van der Waals surface area contributed by atoms with Gasteiger partial charge in [-0.25, -0.2) is 4.98 Å². The lowest BCUT2D eigenvalue weighted by molar-refractivity contribution is 0.418. The number of rotatable bonds is 1. The molecule has 0 unspecified atom stereocenters. The largest absolute Gasteiger partial charge is 0.494 e. The molecule has 1 heterocycles. The van der Waals surface area contributed by atoms with Crippen molar-refractivity contribution in [2.45, 2.75) is 6.92 Å². The first-order valence-electron chi connectivity index (χ1n) is 4.31. The van der Waals surface area contributed by atoms with Crippen LogP contribution in [0.15, 0.2) is 24.3 Å². The molecule has 2 aromatic rings. The highest BCUT2D eigenvalue weighted by molar-refractivity contribution is 6.29. The van der Waals surface area contributed by atoms with E-state index in [0.717, 1.165) is 22.2 Å². The highest BCUT2D eigenvalue weighted by Gasteiger charge is 2.04. The van der Waals surface area contributed by atoms with Crippen LogP contribution in [0.1, 0.15) is 5.56 Å². The van der Waals surface area contributed by atoms with E-state index >= 15 is 0 Å². The molecule has 0 amide bonds. The molecule has 0 spiro atoms. The fraction of sp³-hybridized carbons (Fsp3) is 0.182. The highest BCUT2D eigenvalue weighted by atomic mass is 35.5.